The van der Waals surface area contributed by atoms with Crippen LogP contribution >= 0.6 is 0 Å². The van der Waals surface area contributed by atoms with Gasteiger partial charge < -0.3 is 24.8 Å². The van der Waals surface area contributed by atoms with E-state index in [1.54, 1.807) is 0 Å². The van der Waals surface area contributed by atoms with Gasteiger partial charge in [-0.05, 0) is 44.1 Å². The number of carboxylic acids is 1. The second kappa shape index (κ2) is 10.7. The molecule has 0 aromatic heterocycles. The molecule has 0 saturated heterocycles. The number of benzene rings is 1. The minimum Gasteiger partial charge on any atom is -0.481 e. The number of para-hydroxylation sites is 1. The van der Waals surface area contributed by atoms with Gasteiger partial charge in [-0.1, -0.05) is 30.4 Å². The van der Waals surface area contributed by atoms with Crippen LogP contribution in [0.2, 0.25) is 0 Å². The first-order valence-electron chi connectivity index (χ1n) is 10.6. The van der Waals surface area contributed by atoms with E-state index in [0.29, 0.717) is 44.5 Å². The number of carbonyl (C=O) groups is 2. The Morgan fingerprint density at radius 3 is 2.87 bits per heavy atom. The van der Waals surface area contributed by atoms with Crippen molar-refractivity contribution in [2.24, 2.45) is 11.8 Å². The Morgan fingerprint density at radius 1 is 1.27 bits per heavy atom. The van der Waals surface area contributed by atoms with Crippen LogP contribution in [0.25, 0.3) is 0 Å². The van der Waals surface area contributed by atoms with Crippen molar-refractivity contribution in [1.82, 2.24) is 0 Å². The van der Waals surface area contributed by atoms with E-state index in [4.69, 9.17) is 14.6 Å². The predicted molar refractivity (Wildman–Crippen MR) is 109 cm³/mol. The van der Waals surface area contributed by atoms with E-state index in [9.17, 15) is 19.8 Å². The molecule has 164 valence electrons. The Kier molecular flexibility index (Phi) is 8.01. The van der Waals surface area contributed by atoms with Gasteiger partial charge in [0.05, 0.1) is 12.7 Å². The standard InChI is InChI=1S/C23H30O7/c24-18(23-29-14-15-7-5-6-9-21(15)30-23)12-11-17-16(19(25)13-20(17)26)8-3-1-2-4-10-22(27)28/h1,3,5-7,9,16-18,20,23-24,26H,2,4,8,10-14H2,(H,27,28)/t16-,17-,18+,20-,23+/m1/s1. The molecule has 3 rings (SSSR count). The number of carbonyl (C=O) groups excluding carboxylic acids is 1. The van der Waals surface area contributed by atoms with Crippen molar-refractivity contribution in [2.45, 2.75) is 70.1 Å². The molecule has 1 heterocycles. The fraction of sp³-hybridized carbons (Fsp3) is 0.565. The molecule has 1 aliphatic heterocycles. The van der Waals surface area contributed by atoms with Crippen LogP contribution in [0.5, 0.6) is 5.75 Å². The fourth-order valence-corrected chi connectivity index (χ4v) is 4.21. The number of hydrogen-bond donors (Lipinski definition) is 3. The number of Topliss-reactive ketones (excluding diaryl/α,β-unsaturated/α-hetero) is 1. The number of ketones is 1. The number of aliphatic carboxylic acids is 1. The molecule has 1 aromatic carbocycles. The van der Waals surface area contributed by atoms with E-state index in [2.05, 4.69) is 0 Å². The molecular formula is C23H30O7. The van der Waals surface area contributed by atoms with Gasteiger partial charge in [0.25, 0.3) is 0 Å². The van der Waals surface area contributed by atoms with Gasteiger partial charge in [0.2, 0.25) is 6.29 Å². The predicted octanol–water partition coefficient (Wildman–Crippen LogP) is 2.83. The zero-order chi connectivity index (χ0) is 21.5. The maximum Gasteiger partial charge on any atom is 0.303 e. The summed E-state index contributed by atoms with van der Waals surface area (Å²) in [6.07, 6.45) is 4.34. The minimum absolute atomic E-state index is 0.0382. The molecule has 1 saturated carbocycles. The molecule has 0 bridgehead atoms. The molecule has 7 nitrogen and oxygen atoms in total. The topological polar surface area (TPSA) is 113 Å². The molecule has 0 radical (unpaired) electrons. The van der Waals surface area contributed by atoms with Crippen LogP contribution in [0, 0.1) is 11.8 Å². The van der Waals surface area contributed by atoms with Crippen molar-refractivity contribution >= 4 is 11.8 Å². The molecule has 2 aliphatic rings. The summed E-state index contributed by atoms with van der Waals surface area (Å²) in [4.78, 5) is 22.8. The van der Waals surface area contributed by atoms with Crippen LogP contribution < -0.4 is 4.74 Å². The summed E-state index contributed by atoms with van der Waals surface area (Å²) < 4.78 is 11.4. The van der Waals surface area contributed by atoms with Gasteiger partial charge in [-0.25, -0.2) is 0 Å². The van der Waals surface area contributed by atoms with Crippen molar-refractivity contribution in [3.8, 4) is 5.75 Å². The molecule has 30 heavy (non-hydrogen) atoms. The maximum absolute atomic E-state index is 12.3. The molecule has 1 aliphatic carbocycles. The van der Waals surface area contributed by atoms with Gasteiger partial charge in [0.1, 0.15) is 17.6 Å². The number of allylic oxidation sites excluding steroid dienone is 2. The zero-order valence-corrected chi connectivity index (χ0v) is 17.0. The largest absolute Gasteiger partial charge is 0.481 e. The Hall–Kier alpha value is -2.22. The molecule has 5 atom stereocenters. The van der Waals surface area contributed by atoms with Gasteiger partial charge in [0, 0.05) is 24.3 Å². The molecule has 0 spiro atoms. The lowest BCUT2D eigenvalue weighted by molar-refractivity contribution is -0.168. The van der Waals surface area contributed by atoms with Crippen molar-refractivity contribution in [2.75, 3.05) is 0 Å². The van der Waals surface area contributed by atoms with Crippen LogP contribution in [-0.2, 0) is 20.9 Å². The molecule has 7 heteroatoms. The van der Waals surface area contributed by atoms with Crippen LogP contribution in [0.3, 0.4) is 0 Å². The van der Waals surface area contributed by atoms with Crippen LogP contribution in [0.15, 0.2) is 36.4 Å². The van der Waals surface area contributed by atoms with Crippen LogP contribution in [0.4, 0.5) is 0 Å². The number of fused-ring (bicyclic) bond motifs is 1. The normalized spacial score (nSPS) is 27.1. The van der Waals surface area contributed by atoms with E-state index < -0.39 is 24.5 Å². The Balaban J connectivity index is 1.48. The van der Waals surface area contributed by atoms with E-state index in [0.717, 1.165) is 5.56 Å². The Bertz CT molecular complexity index is 760. The van der Waals surface area contributed by atoms with Gasteiger partial charge in [-0.15, -0.1) is 0 Å². The van der Waals surface area contributed by atoms with Crippen molar-refractivity contribution in [1.29, 1.82) is 0 Å². The minimum atomic E-state index is -0.853. The third kappa shape index (κ3) is 5.90. The number of aliphatic hydroxyl groups is 2. The van der Waals surface area contributed by atoms with Crippen molar-refractivity contribution < 1.29 is 34.4 Å². The average Bonchev–Trinajstić information content (AvgIpc) is 3.00. The third-order valence-corrected chi connectivity index (χ3v) is 5.88. The van der Waals surface area contributed by atoms with E-state index in [-0.39, 0.29) is 30.5 Å². The second-order valence-corrected chi connectivity index (χ2v) is 8.05. The molecular weight excluding hydrogens is 388 g/mol. The summed E-state index contributed by atoms with van der Waals surface area (Å²) in [7, 11) is 0. The van der Waals surface area contributed by atoms with Gasteiger partial charge in [0.15, 0.2) is 0 Å². The highest BCUT2D eigenvalue weighted by Crippen LogP contribution is 2.36. The fourth-order valence-electron chi connectivity index (χ4n) is 4.21. The molecule has 0 amide bonds. The maximum atomic E-state index is 12.3. The number of carboxylic acid groups (broad SMARTS) is 1. The van der Waals surface area contributed by atoms with Crippen molar-refractivity contribution in [3.05, 3.63) is 42.0 Å². The monoisotopic (exact) mass is 418 g/mol. The smallest absolute Gasteiger partial charge is 0.303 e. The number of hydrogen-bond acceptors (Lipinski definition) is 6. The molecule has 1 fully saturated rings. The molecule has 1 aromatic rings. The first-order valence-corrected chi connectivity index (χ1v) is 10.6. The van der Waals surface area contributed by atoms with E-state index >= 15 is 0 Å². The van der Waals surface area contributed by atoms with Gasteiger partial charge >= 0.3 is 5.97 Å². The number of unbranched alkanes of at least 4 members (excludes halogenated alkanes) is 1. The first-order chi connectivity index (χ1) is 14.5. The highest BCUT2D eigenvalue weighted by molar-refractivity contribution is 5.84. The number of aliphatic hydroxyl groups excluding tert-OH is 2. The summed E-state index contributed by atoms with van der Waals surface area (Å²) in [5, 5.41) is 29.5. The molecule has 3 N–H and O–H groups in total. The summed E-state index contributed by atoms with van der Waals surface area (Å²) in [6.45, 7) is 0.373. The Labute approximate surface area is 176 Å². The van der Waals surface area contributed by atoms with Crippen LogP contribution in [-0.4, -0.2) is 45.6 Å². The average molecular weight is 418 g/mol. The molecule has 0 unspecified atom stereocenters. The quantitative estimate of drug-likeness (QED) is 0.395. The first kappa shape index (κ1) is 22.5. The lowest BCUT2D eigenvalue weighted by Gasteiger charge is -2.30. The second-order valence-electron chi connectivity index (χ2n) is 8.05. The lowest BCUT2D eigenvalue weighted by atomic mass is 9.86. The summed E-state index contributed by atoms with van der Waals surface area (Å²) in [5.41, 5.74) is 0.938. The SMILES string of the molecule is O=C(O)CCCC=CC[C@H]1C(=O)C[C@@H](O)[C@@H]1CC[C@H](O)[C@H]1OCc2ccccc2O1. The highest BCUT2D eigenvalue weighted by atomic mass is 16.7. The highest BCUT2D eigenvalue weighted by Gasteiger charge is 2.41. The third-order valence-electron chi connectivity index (χ3n) is 5.88. The number of rotatable bonds is 10. The Morgan fingerprint density at radius 2 is 2.07 bits per heavy atom. The van der Waals surface area contributed by atoms with Crippen molar-refractivity contribution in [3.63, 3.8) is 0 Å². The number of ether oxygens (including phenoxy) is 2. The van der Waals surface area contributed by atoms with Crippen LogP contribution in [0.1, 0.15) is 50.5 Å². The zero-order valence-electron chi connectivity index (χ0n) is 17.0. The van der Waals surface area contributed by atoms with E-state index in [1.807, 2.05) is 36.4 Å². The van der Waals surface area contributed by atoms with Gasteiger partial charge in [-0.3, -0.25) is 9.59 Å². The van der Waals surface area contributed by atoms with Gasteiger partial charge in [-0.2, -0.15) is 0 Å². The summed E-state index contributed by atoms with van der Waals surface area (Å²) >= 11 is 0. The summed E-state index contributed by atoms with van der Waals surface area (Å²) in [6, 6.07) is 7.53. The van der Waals surface area contributed by atoms with E-state index in [1.165, 1.54) is 0 Å². The lowest BCUT2D eigenvalue weighted by Crippen LogP contribution is -2.37. The summed E-state index contributed by atoms with van der Waals surface area (Å²) in [5.74, 6) is -0.569.